The lowest BCUT2D eigenvalue weighted by atomic mass is 9.98. The van der Waals surface area contributed by atoms with E-state index < -0.39 is 0 Å². The molecule has 1 aromatic heterocycles. The van der Waals surface area contributed by atoms with E-state index in [9.17, 15) is 0 Å². The van der Waals surface area contributed by atoms with Crippen LogP contribution in [0.3, 0.4) is 0 Å². The highest BCUT2D eigenvalue weighted by atomic mass is 32.1. The van der Waals surface area contributed by atoms with Gasteiger partial charge in [0.05, 0.1) is 10.9 Å². The molecular weight excluding hydrogens is 228 g/mol. The summed E-state index contributed by atoms with van der Waals surface area (Å²) in [7, 11) is 2.18. The number of thiol groups is 1. The smallest absolute Gasteiger partial charge is 0.0597 e. The molecule has 0 aromatic carbocycles. The minimum atomic E-state index is 0.230. The second-order valence-corrected chi connectivity index (χ2v) is 4.99. The van der Waals surface area contributed by atoms with Gasteiger partial charge in [0.25, 0.3) is 0 Å². The number of likely N-dealkylation sites (N-methyl/N-ethyl adjacent to an activating group) is 1. The lowest BCUT2D eigenvalue weighted by molar-refractivity contribution is 0.273. The standard InChI is InChI=1S/C12H18N2S.C2H2/c1-9-6-8-14(2)11(9)12(15)10-5-3-4-7-13-10;1-2/h3-5,7,9,11-12,15H,6,8H2,1-2H3;1-2H. The fourth-order valence-electron chi connectivity index (χ4n) is 2.44. The molecule has 1 saturated heterocycles. The van der Waals surface area contributed by atoms with Crippen LogP contribution >= 0.6 is 12.6 Å². The van der Waals surface area contributed by atoms with Gasteiger partial charge in [-0.2, -0.15) is 12.6 Å². The molecule has 3 heteroatoms. The third-order valence-corrected chi connectivity index (χ3v) is 3.91. The minimum absolute atomic E-state index is 0.230. The van der Waals surface area contributed by atoms with Crippen LogP contribution in [0.25, 0.3) is 0 Å². The quantitative estimate of drug-likeness (QED) is 0.640. The summed E-state index contributed by atoms with van der Waals surface area (Å²) in [5.74, 6) is 0.708. The van der Waals surface area contributed by atoms with Crippen molar-refractivity contribution in [2.45, 2.75) is 24.6 Å². The van der Waals surface area contributed by atoms with Crippen molar-refractivity contribution in [3.63, 3.8) is 0 Å². The molecule has 0 spiro atoms. The fraction of sp³-hybridized carbons (Fsp3) is 0.500. The zero-order chi connectivity index (χ0) is 12.8. The Kier molecular flexibility index (Phi) is 5.54. The number of likely N-dealkylation sites (tertiary alicyclic amines) is 1. The summed E-state index contributed by atoms with van der Waals surface area (Å²) < 4.78 is 0. The van der Waals surface area contributed by atoms with Crippen LogP contribution in [0, 0.1) is 18.8 Å². The fourth-order valence-corrected chi connectivity index (χ4v) is 3.11. The summed E-state index contributed by atoms with van der Waals surface area (Å²) >= 11 is 4.73. The number of rotatable bonds is 2. The molecule has 1 aliphatic heterocycles. The number of nitrogens with zero attached hydrogens (tertiary/aromatic N) is 2. The zero-order valence-corrected chi connectivity index (χ0v) is 11.3. The summed E-state index contributed by atoms with van der Waals surface area (Å²) in [5.41, 5.74) is 1.09. The maximum atomic E-state index is 4.73. The van der Waals surface area contributed by atoms with Gasteiger partial charge in [0, 0.05) is 12.2 Å². The first-order chi connectivity index (χ1) is 8.20. The highest BCUT2D eigenvalue weighted by Crippen LogP contribution is 2.35. The van der Waals surface area contributed by atoms with E-state index in [2.05, 4.69) is 42.8 Å². The molecule has 92 valence electrons. The second-order valence-electron chi connectivity index (χ2n) is 4.44. The van der Waals surface area contributed by atoms with E-state index in [1.165, 1.54) is 13.0 Å². The second kappa shape index (κ2) is 6.68. The lowest BCUT2D eigenvalue weighted by Gasteiger charge is -2.28. The van der Waals surface area contributed by atoms with E-state index in [-0.39, 0.29) is 5.25 Å². The maximum Gasteiger partial charge on any atom is 0.0597 e. The summed E-state index contributed by atoms with van der Waals surface area (Å²) in [6.45, 7) is 3.48. The Morgan fingerprint density at radius 1 is 1.47 bits per heavy atom. The predicted molar refractivity (Wildman–Crippen MR) is 76.1 cm³/mol. The highest BCUT2D eigenvalue weighted by Gasteiger charge is 2.34. The van der Waals surface area contributed by atoms with Gasteiger partial charge in [-0.05, 0) is 38.1 Å². The Balaban J connectivity index is 0.000000686. The van der Waals surface area contributed by atoms with Gasteiger partial charge in [-0.15, -0.1) is 12.8 Å². The van der Waals surface area contributed by atoms with Gasteiger partial charge in [0.15, 0.2) is 0 Å². The van der Waals surface area contributed by atoms with Gasteiger partial charge in [-0.1, -0.05) is 13.0 Å². The van der Waals surface area contributed by atoms with Crippen molar-refractivity contribution in [2.24, 2.45) is 5.92 Å². The first-order valence-electron chi connectivity index (χ1n) is 5.82. The van der Waals surface area contributed by atoms with E-state index in [4.69, 9.17) is 12.6 Å². The van der Waals surface area contributed by atoms with E-state index in [0.717, 1.165) is 5.69 Å². The van der Waals surface area contributed by atoms with Crippen LogP contribution < -0.4 is 0 Å². The summed E-state index contributed by atoms with van der Waals surface area (Å²) in [5, 5.41) is 0.230. The third kappa shape index (κ3) is 3.24. The number of hydrogen-bond acceptors (Lipinski definition) is 3. The molecule has 3 atom stereocenters. The molecule has 3 unspecified atom stereocenters. The molecule has 1 aliphatic rings. The molecule has 0 saturated carbocycles. The van der Waals surface area contributed by atoms with Crippen molar-refractivity contribution >= 4 is 12.6 Å². The van der Waals surface area contributed by atoms with Crippen molar-refractivity contribution in [3.05, 3.63) is 30.1 Å². The van der Waals surface area contributed by atoms with Gasteiger partial charge < -0.3 is 4.90 Å². The average molecular weight is 248 g/mol. The largest absolute Gasteiger partial charge is 0.302 e. The molecule has 17 heavy (non-hydrogen) atoms. The normalized spacial score (nSPS) is 25.9. The molecule has 0 bridgehead atoms. The summed E-state index contributed by atoms with van der Waals surface area (Å²) in [6, 6.07) is 6.57. The van der Waals surface area contributed by atoms with Crippen LogP contribution in [-0.4, -0.2) is 29.5 Å². The molecule has 0 aliphatic carbocycles. The van der Waals surface area contributed by atoms with Gasteiger partial charge in [-0.25, -0.2) is 0 Å². The summed E-state index contributed by atoms with van der Waals surface area (Å²) in [4.78, 5) is 6.79. The van der Waals surface area contributed by atoms with Crippen molar-refractivity contribution in [1.82, 2.24) is 9.88 Å². The Hall–Kier alpha value is -0.980. The van der Waals surface area contributed by atoms with Crippen molar-refractivity contribution in [1.29, 1.82) is 0 Å². The van der Waals surface area contributed by atoms with Crippen LogP contribution in [0.2, 0.25) is 0 Å². The number of terminal acetylenes is 1. The first-order valence-corrected chi connectivity index (χ1v) is 6.34. The third-order valence-electron chi connectivity index (χ3n) is 3.34. The van der Waals surface area contributed by atoms with Gasteiger partial charge >= 0.3 is 0 Å². The Labute approximate surface area is 110 Å². The molecule has 1 aromatic rings. The van der Waals surface area contributed by atoms with E-state index in [0.29, 0.717) is 12.0 Å². The lowest BCUT2D eigenvalue weighted by Crippen LogP contribution is -2.32. The first kappa shape index (κ1) is 14.1. The van der Waals surface area contributed by atoms with Crippen LogP contribution in [-0.2, 0) is 0 Å². The van der Waals surface area contributed by atoms with E-state index >= 15 is 0 Å². The number of hydrogen-bond donors (Lipinski definition) is 1. The molecule has 2 heterocycles. The molecule has 0 amide bonds. The van der Waals surface area contributed by atoms with Crippen LogP contribution in [0.15, 0.2) is 24.4 Å². The average Bonchev–Trinajstić information content (AvgIpc) is 2.72. The molecule has 2 rings (SSSR count). The molecule has 0 N–H and O–H groups in total. The molecular formula is C14H20N2S. The molecule has 0 radical (unpaired) electrons. The van der Waals surface area contributed by atoms with Gasteiger partial charge in [-0.3, -0.25) is 4.98 Å². The number of aromatic nitrogens is 1. The van der Waals surface area contributed by atoms with Crippen molar-refractivity contribution in [2.75, 3.05) is 13.6 Å². The molecule has 2 nitrogen and oxygen atoms in total. The Bertz CT molecular complexity index is 340. The van der Waals surface area contributed by atoms with Crippen LogP contribution in [0.5, 0.6) is 0 Å². The van der Waals surface area contributed by atoms with Crippen LogP contribution in [0.1, 0.15) is 24.3 Å². The highest BCUT2D eigenvalue weighted by molar-refractivity contribution is 7.80. The van der Waals surface area contributed by atoms with Crippen molar-refractivity contribution < 1.29 is 0 Å². The van der Waals surface area contributed by atoms with E-state index in [1.54, 1.807) is 0 Å². The topological polar surface area (TPSA) is 16.1 Å². The Morgan fingerprint density at radius 2 is 2.18 bits per heavy atom. The minimum Gasteiger partial charge on any atom is -0.302 e. The van der Waals surface area contributed by atoms with E-state index in [1.807, 2.05) is 18.3 Å². The molecule has 1 fully saturated rings. The van der Waals surface area contributed by atoms with Crippen LogP contribution in [0.4, 0.5) is 0 Å². The number of pyridine rings is 1. The SMILES string of the molecule is C#C.CC1CCN(C)C1C(S)c1ccccn1. The van der Waals surface area contributed by atoms with Crippen molar-refractivity contribution in [3.8, 4) is 12.8 Å². The monoisotopic (exact) mass is 248 g/mol. The summed E-state index contributed by atoms with van der Waals surface area (Å²) in [6.07, 6.45) is 11.1. The zero-order valence-electron chi connectivity index (χ0n) is 10.5. The predicted octanol–water partition coefficient (Wildman–Crippen LogP) is 2.64. The Morgan fingerprint density at radius 3 is 2.65 bits per heavy atom. The van der Waals surface area contributed by atoms with Gasteiger partial charge in [0.1, 0.15) is 0 Å². The van der Waals surface area contributed by atoms with Gasteiger partial charge in [0.2, 0.25) is 0 Å². The maximum absolute atomic E-state index is 4.73.